The van der Waals surface area contributed by atoms with Crippen molar-refractivity contribution in [3.8, 4) is 0 Å². The van der Waals surface area contributed by atoms with Crippen LogP contribution in [0.1, 0.15) is 32.6 Å². The average molecular weight is 272 g/mol. The Morgan fingerprint density at radius 3 is 2.37 bits per heavy atom. The van der Waals surface area contributed by atoms with Gasteiger partial charge in [0.1, 0.15) is 6.61 Å². The molecule has 7 heteroatoms. The lowest BCUT2D eigenvalue weighted by Gasteiger charge is -2.25. The molecule has 1 fully saturated rings. The first kappa shape index (κ1) is 15.4. The Kier molecular flexibility index (Phi) is 6.27. The van der Waals surface area contributed by atoms with Crippen molar-refractivity contribution in [2.45, 2.75) is 38.7 Å². The number of ether oxygens (including phenoxy) is 1. The van der Waals surface area contributed by atoms with Crippen molar-refractivity contribution in [3.05, 3.63) is 0 Å². The lowest BCUT2D eigenvalue weighted by Crippen LogP contribution is -2.41. The van der Waals surface area contributed by atoms with Gasteiger partial charge >= 0.3 is 12.0 Å². The van der Waals surface area contributed by atoms with E-state index in [1.165, 1.54) is 0 Å². The molecule has 0 aromatic rings. The SMILES string of the molecule is CCNC(=O)NC(=O)COC1CCC(C(=O)O)CC1. The van der Waals surface area contributed by atoms with Crippen LogP contribution < -0.4 is 10.6 Å². The molecule has 3 amide bonds. The van der Waals surface area contributed by atoms with Gasteiger partial charge in [-0.1, -0.05) is 0 Å². The molecule has 1 saturated carbocycles. The topological polar surface area (TPSA) is 105 Å². The van der Waals surface area contributed by atoms with E-state index < -0.39 is 17.9 Å². The fourth-order valence-corrected chi connectivity index (χ4v) is 2.04. The number of urea groups is 1. The van der Waals surface area contributed by atoms with Gasteiger partial charge in [0, 0.05) is 6.54 Å². The van der Waals surface area contributed by atoms with Crippen LogP contribution in [0.2, 0.25) is 0 Å². The molecular formula is C12H20N2O5. The van der Waals surface area contributed by atoms with E-state index in [1.807, 2.05) is 0 Å². The van der Waals surface area contributed by atoms with Gasteiger partial charge < -0.3 is 15.2 Å². The molecule has 0 atom stereocenters. The Morgan fingerprint density at radius 1 is 1.21 bits per heavy atom. The van der Waals surface area contributed by atoms with Crippen molar-refractivity contribution in [2.75, 3.05) is 13.2 Å². The maximum Gasteiger partial charge on any atom is 0.321 e. The van der Waals surface area contributed by atoms with Crippen LogP contribution in [0.5, 0.6) is 0 Å². The highest BCUT2D eigenvalue weighted by atomic mass is 16.5. The Balaban J connectivity index is 2.18. The maximum absolute atomic E-state index is 11.4. The van der Waals surface area contributed by atoms with E-state index in [0.29, 0.717) is 32.2 Å². The van der Waals surface area contributed by atoms with Gasteiger partial charge in [0.25, 0.3) is 5.91 Å². The third kappa shape index (κ3) is 5.69. The van der Waals surface area contributed by atoms with Crippen LogP contribution in [0.4, 0.5) is 4.79 Å². The average Bonchev–Trinajstić information content (AvgIpc) is 2.37. The van der Waals surface area contributed by atoms with Crippen molar-refractivity contribution >= 4 is 17.9 Å². The van der Waals surface area contributed by atoms with Crippen LogP contribution in [0.15, 0.2) is 0 Å². The number of aliphatic carboxylic acids is 1. The largest absolute Gasteiger partial charge is 0.481 e. The van der Waals surface area contributed by atoms with Crippen LogP contribution >= 0.6 is 0 Å². The van der Waals surface area contributed by atoms with Crippen LogP contribution in [0, 0.1) is 5.92 Å². The molecule has 0 bridgehead atoms. The molecular weight excluding hydrogens is 252 g/mol. The second-order valence-electron chi connectivity index (χ2n) is 4.53. The Morgan fingerprint density at radius 2 is 1.84 bits per heavy atom. The van der Waals surface area contributed by atoms with Crippen LogP contribution in [0.25, 0.3) is 0 Å². The van der Waals surface area contributed by atoms with Crippen molar-refractivity contribution in [2.24, 2.45) is 5.92 Å². The molecule has 0 unspecified atom stereocenters. The first-order valence-corrected chi connectivity index (χ1v) is 6.45. The van der Waals surface area contributed by atoms with E-state index in [-0.39, 0.29) is 18.6 Å². The number of nitrogens with one attached hydrogen (secondary N) is 2. The highest BCUT2D eigenvalue weighted by Crippen LogP contribution is 2.26. The van der Waals surface area contributed by atoms with E-state index in [1.54, 1.807) is 6.92 Å². The summed E-state index contributed by atoms with van der Waals surface area (Å²) in [7, 11) is 0. The minimum absolute atomic E-state index is 0.101. The molecule has 1 aliphatic rings. The molecule has 0 spiro atoms. The second kappa shape index (κ2) is 7.73. The lowest BCUT2D eigenvalue weighted by molar-refractivity contribution is -0.144. The van der Waals surface area contributed by atoms with E-state index in [9.17, 15) is 14.4 Å². The molecule has 0 aromatic heterocycles. The smallest absolute Gasteiger partial charge is 0.321 e. The van der Waals surface area contributed by atoms with E-state index in [0.717, 1.165) is 0 Å². The molecule has 0 aromatic carbocycles. The van der Waals surface area contributed by atoms with E-state index in [4.69, 9.17) is 9.84 Å². The number of hydrogen-bond donors (Lipinski definition) is 3. The highest BCUT2D eigenvalue weighted by molar-refractivity contribution is 5.94. The summed E-state index contributed by atoms with van der Waals surface area (Å²) in [6, 6.07) is -0.536. The second-order valence-corrected chi connectivity index (χ2v) is 4.53. The summed E-state index contributed by atoms with van der Waals surface area (Å²) in [5.41, 5.74) is 0. The highest BCUT2D eigenvalue weighted by Gasteiger charge is 2.26. The summed E-state index contributed by atoms with van der Waals surface area (Å²) in [6.07, 6.45) is 2.29. The zero-order chi connectivity index (χ0) is 14.3. The van der Waals surface area contributed by atoms with Crippen molar-refractivity contribution < 1.29 is 24.2 Å². The zero-order valence-corrected chi connectivity index (χ0v) is 11.0. The van der Waals surface area contributed by atoms with Crippen molar-refractivity contribution in [3.63, 3.8) is 0 Å². The van der Waals surface area contributed by atoms with Gasteiger partial charge in [0.15, 0.2) is 0 Å². The molecule has 1 rings (SSSR count). The molecule has 3 N–H and O–H groups in total. The maximum atomic E-state index is 11.4. The van der Waals surface area contributed by atoms with Gasteiger partial charge in [-0.2, -0.15) is 0 Å². The van der Waals surface area contributed by atoms with Gasteiger partial charge in [-0.3, -0.25) is 14.9 Å². The first-order chi connectivity index (χ1) is 9.02. The van der Waals surface area contributed by atoms with Gasteiger partial charge in [-0.05, 0) is 32.6 Å². The lowest BCUT2D eigenvalue weighted by atomic mass is 9.87. The van der Waals surface area contributed by atoms with Gasteiger partial charge in [0.05, 0.1) is 12.0 Å². The van der Waals surface area contributed by atoms with Crippen LogP contribution in [-0.4, -0.2) is 42.3 Å². The fourth-order valence-electron chi connectivity index (χ4n) is 2.04. The molecule has 108 valence electrons. The zero-order valence-electron chi connectivity index (χ0n) is 11.0. The number of hydrogen-bond acceptors (Lipinski definition) is 4. The number of carboxylic acid groups (broad SMARTS) is 1. The van der Waals surface area contributed by atoms with Gasteiger partial charge in [-0.25, -0.2) is 4.79 Å². The minimum Gasteiger partial charge on any atom is -0.481 e. The standard InChI is InChI=1S/C12H20N2O5/c1-2-13-12(18)14-10(15)7-19-9-5-3-8(4-6-9)11(16)17/h8-9H,2-7H2,1H3,(H,16,17)(H2,13,14,15,18). The first-order valence-electron chi connectivity index (χ1n) is 6.45. The third-order valence-corrected chi connectivity index (χ3v) is 3.06. The summed E-state index contributed by atoms with van der Waals surface area (Å²) < 4.78 is 5.37. The normalized spacial score (nSPS) is 22.6. The van der Waals surface area contributed by atoms with Crippen LogP contribution in [0.3, 0.4) is 0 Å². The van der Waals surface area contributed by atoms with Gasteiger partial charge in [-0.15, -0.1) is 0 Å². The molecule has 0 saturated heterocycles. The number of imide groups is 1. The number of amides is 3. The number of carbonyl (C=O) groups is 3. The summed E-state index contributed by atoms with van der Waals surface area (Å²) in [5, 5.41) is 13.4. The summed E-state index contributed by atoms with van der Waals surface area (Å²) in [6.45, 7) is 2.01. The Hall–Kier alpha value is -1.63. The molecule has 7 nitrogen and oxygen atoms in total. The molecule has 1 aliphatic carbocycles. The quantitative estimate of drug-likeness (QED) is 0.675. The molecule has 0 aliphatic heterocycles. The van der Waals surface area contributed by atoms with Gasteiger partial charge in [0.2, 0.25) is 0 Å². The number of carbonyl (C=O) groups excluding carboxylic acids is 2. The van der Waals surface area contributed by atoms with E-state index >= 15 is 0 Å². The summed E-state index contributed by atoms with van der Waals surface area (Å²) in [5.74, 6) is -1.57. The molecule has 0 radical (unpaired) electrons. The number of rotatable bonds is 5. The van der Waals surface area contributed by atoms with E-state index in [2.05, 4.69) is 10.6 Å². The third-order valence-electron chi connectivity index (χ3n) is 3.06. The summed E-state index contributed by atoms with van der Waals surface area (Å²) >= 11 is 0. The molecule has 0 heterocycles. The number of carboxylic acids is 1. The van der Waals surface area contributed by atoms with Crippen LogP contribution in [-0.2, 0) is 14.3 Å². The van der Waals surface area contributed by atoms with Crippen molar-refractivity contribution in [1.82, 2.24) is 10.6 Å². The predicted molar refractivity (Wildman–Crippen MR) is 66.5 cm³/mol. The Labute approximate surface area is 111 Å². The molecule has 19 heavy (non-hydrogen) atoms. The summed E-state index contributed by atoms with van der Waals surface area (Å²) in [4.78, 5) is 33.2. The monoisotopic (exact) mass is 272 g/mol. The van der Waals surface area contributed by atoms with Crippen molar-refractivity contribution in [1.29, 1.82) is 0 Å². The fraction of sp³-hybridized carbons (Fsp3) is 0.750. The Bertz CT molecular complexity index is 337. The predicted octanol–water partition coefficient (Wildman–Crippen LogP) is 0.492. The minimum atomic E-state index is -0.771.